The summed E-state index contributed by atoms with van der Waals surface area (Å²) in [6, 6.07) is 7.07. The topological polar surface area (TPSA) is 75.4 Å². The number of anilines is 1. The Hall–Kier alpha value is -1.72. The summed E-state index contributed by atoms with van der Waals surface area (Å²) in [6.07, 6.45) is 1.01. The first-order chi connectivity index (χ1) is 9.93. The van der Waals surface area contributed by atoms with Gasteiger partial charge in [0.2, 0.25) is 5.91 Å². The molecular formula is C16H23N3O2. The van der Waals surface area contributed by atoms with Gasteiger partial charge in [0.25, 0.3) is 0 Å². The molecule has 1 aliphatic heterocycles. The first-order valence-corrected chi connectivity index (χ1v) is 7.26. The predicted octanol–water partition coefficient (Wildman–Crippen LogP) is 1.50. The van der Waals surface area contributed by atoms with Crippen LogP contribution in [0.15, 0.2) is 24.3 Å². The maximum Gasteiger partial charge on any atom is 0.238 e. The van der Waals surface area contributed by atoms with Gasteiger partial charge in [0.05, 0.1) is 12.2 Å². The Morgan fingerprint density at radius 3 is 2.71 bits per heavy atom. The molecule has 2 rings (SSSR count). The van der Waals surface area contributed by atoms with Crippen LogP contribution in [0.2, 0.25) is 0 Å². The van der Waals surface area contributed by atoms with Crippen LogP contribution in [0.4, 0.5) is 5.69 Å². The Morgan fingerprint density at radius 2 is 2.10 bits per heavy atom. The van der Waals surface area contributed by atoms with Crippen molar-refractivity contribution in [2.45, 2.75) is 20.3 Å². The molecule has 0 aliphatic carbocycles. The van der Waals surface area contributed by atoms with Crippen molar-refractivity contribution in [2.75, 3.05) is 31.5 Å². The van der Waals surface area contributed by atoms with E-state index >= 15 is 0 Å². The van der Waals surface area contributed by atoms with E-state index in [9.17, 15) is 9.59 Å². The molecule has 0 saturated carbocycles. The van der Waals surface area contributed by atoms with Gasteiger partial charge in [-0.25, -0.2) is 0 Å². The molecule has 114 valence electrons. The van der Waals surface area contributed by atoms with Crippen molar-refractivity contribution in [1.82, 2.24) is 4.90 Å². The Balaban J connectivity index is 1.96. The number of amides is 1. The maximum atomic E-state index is 12.1. The normalized spacial score (nSPS) is 22.2. The molecule has 5 nitrogen and oxygen atoms in total. The van der Waals surface area contributed by atoms with Crippen LogP contribution in [0, 0.1) is 5.41 Å². The van der Waals surface area contributed by atoms with Crippen LogP contribution in [-0.2, 0) is 4.79 Å². The van der Waals surface area contributed by atoms with E-state index < -0.39 is 0 Å². The van der Waals surface area contributed by atoms with E-state index in [-0.39, 0.29) is 17.1 Å². The number of ketones is 1. The number of nitrogens with zero attached hydrogens (tertiary/aromatic N) is 1. The van der Waals surface area contributed by atoms with E-state index in [0.29, 0.717) is 24.3 Å². The number of rotatable bonds is 5. The molecule has 0 spiro atoms. The Kier molecular flexibility index (Phi) is 4.75. The lowest BCUT2D eigenvalue weighted by atomic mass is 9.90. The lowest BCUT2D eigenvalue weighted by Gasteiger charge is -2.22. The fourth-order valence-corrected chi connectivity index (χ4v) is 2.72. The summed E-state index contributed by atoms with van der Waals surface area (Å²) in [5, 5.41) is 2.83. The second kappa shape index (κ2) is 6.37. The van der Waals surface area contributed by atoms with E-state index in [1.165, 1.54) is 6.92 Å². The van der Waals surface area contributed by atoms with Crippen LogP contribution < -0.4 is 11.1 Å². The van der Waals surface area contributed by atoms with Gasteiger partial charge in [-0.1, -0.05) is 19.1 Å². The number of hydrogen-bond donors (Lipinski definition) is 2. The first kappa shape index (κ1) is 15.7. The standard InChI is InChI=1S/C16H23N3O2/c1-12(20)13-5-3-4-6-14(13)18-15(21)9-19-8-7-16(2,10-17)11-19/h3-6H,7-11,17H2,1-2H3,(H,18,21). The van der Waals surface area contributed by atoms with Crippen LogP contribution in [-0.4, -0.2) is 42.8 Å². The summed E-state index contributed by atoms with van der Waals surface area (Å²) in [4.78, 5) is 25.8. The van der Waals surface area contributed by atoms with Crippen LogP contribution in [0.3, 0.4) is 0 Å². The summed E-state index contributed by atoms with van der Waals surface area (Å²) in [5.41, 5.74) is 7.00. The van der Waals surface area contributed by atoms with Crippen molar-refractivity contribution in [2.24, 2.45) is 11.1 Å². The fourth-order valence-electron chi connectivity index (χ4n) is 2.72. The van der Waals surface area contributed by atoms with Gasteiger partial charge in [-0.15, -0.1) is 0 Å². The number of likely N-dealkylation sites (tertiary alicyclic amines) is 1. The molecule has 1 fully saturated rings. The maximum absolute atomic E-state index is 12.1. The monoisotopic (exact) mass is 289 g/mol. The minimum absolute atomic E-state index is 0.0530. The predicted molar refractivity (Wildman–Crippen MR) is 83.3 cm³/mol. The zero-order chi connectivity index (χ0) is 15.5. The van der Waals surface area contributed by atoms with Crippen molar-refractivity contribution in [3.8, 4) is 0 Å². The van der Waals surface area contributed by atoms with Crippen molar-refractivity contribution in [3.63, 3.8) is 0 Å². The summed E-state index contributed by atoms with van der Waals surface area (Å²) in [5.74, 6) is -0.146. The number of Topliss-reactive ketones (excluding diaryl/α,β-unsaturated/α-hetero) is 1. The molecule has 1 unspecified atom stereocenters. The lowest BCUT2D eigenvalue weighted by molar-refractivity contribution is -0.117. The second-order valence-corrected chi connectivity index (χ2v) is 6.13. The highest BCUT2D eigenvalue weighted by atomic mass is 16.2. The number of para-hydroxylation sites is 1. The molecule has 5 heteroatoms. The van der Waals surface area contributed by atoms with Crippen LogP contribution in [0.25, 0.3) is 0 Å². The number of carbonyl (C=O) groups excluding carboxylic acids is 2. The van der Waals surface area contributed by atoms with Crippen LogP contribution >= 0.6 is 0 Å². The molecule has 21 heavy (non-hydrogen) atoms. The molecule has 0 bridgehead atoms. The fraction of sp³-hybridized carbons (Fsp3) is 0.500. The number of hydrogen-bond acceptors (Lipinski definition) is 4. The summed E-state index contributed by atoms with van der Waals surface area (Å²) in [6.45, 7) is 6.34. The third kappa shape index (κ3) is 3.89. The van der Waals surface area contributed by atoms with Crippen LogP contribution in [0.1, 0.15) is 30.6 Å². The van der Waals surface area contributed by atoms with Gasteiger partial charge in [-0.3, -0.25) is 14.5 Å². The molecule has 1 aliphatic rings. The highest BCUT2D eigenvalue weighted by Gasteiger charge is 2.33. The highest BCUT2D eigenvalue weighted by molar-refractivity contribution is 6.04. The van der Waals surface area contributed by atoms with Gasteiger partial charge < -0.3 is 11.1 Å². The van der Waals surface area contributed by atoms with Gasteiger partial charge in [0, 0.05) is 12.1 Å². The minimum Gasteiger partial charge on any atom is -0.330 e. The third-order valence-corrected chi connectivity index (χ3v) is 4.08. The van der Waals surface area contributed by atoms with Gasteiger partial charge in [0.1, 0.15) is 0 Å². The lowest BCUT2D eigenvalue weighted by Crippen LogP contribution is -2.35. The van der Waals surface area contributed by atoms with Crippen LogP contribution in [0.5, 0.6) is 0 Å². The molecule has 1 aromatic carbocycles. The largest absolute Gasteiger partial charge is 0.330 e. The Bertz CT molecular complexity index is 544. The number of nitrogens with one attached hydrogen (secondary N) is 1. The quantitative estimate of drug-likeness (QED) is 0.805. The molecule has 0 aromatic heterocycles. The molecule has 1 aromatic rings. The van der Waals surface area contributed by atoms with Crippen molar-refractivity contribution < 1.29 is 9.59 Å². The highest BCUT2D eigenvalue weighted by Crippen LogP contribution is 2.28. The average molecular weight is 289 g/mol. The van der Waals surface area contributed by atoms with E-state index in [1.807, 2.05) is 6.07 Å². The average Bonchev–Trinajstić information content (AvgIpc) is 2.81. The molecule has 0 radical (unpaired) electrons. The minimum atomic E-state index is -0.0926. The molecular weight excluding hydrogens is 266 g/mol. The third-order valence-electron chi connectivity index (χ3n) is 4.08. The second-order valence-electron chi connectivity index (χ2n) is 6.13. The number of benzene rings is 1. The number of carbonyl (C=O) groups is 2. The Morgan fingerprint density at radius 1 is 1.38 bits per heavy atom. The van der Waals surface area contributed by atoms with E-state index in [2.05, 4.69) is 17.1 Å². The summed E-state index contributed by atoms with van der Waals surface area (Å²) < 4.78 is 0. The molecule has 1 heterocycles. The molecule has 3 N–H and O–H groups in total. The SMILES string of the molecule is CC(=O)c1ccccc1NC(=O)CN1CCC(C)(CN)C1. The van der Waals surface area contributed by atoms with Gasteiger partial charge >= 0.3 is 0 Å². The summed E-state index contributed by atoms with van der Waals surface area (Å²) >= 11 is 0. The smallest absolute Gasteiger partial charge is 0.238 e. The Labute approximate surface area is 125 Å². The van der Waals surface area contributed by atoms with Gasteiger partial charge in [-0.05, 0) is 44.0 Å². The number of nitrogens with two attached hydrogens (primary N) is 1. The van der Waals surface area contributed by atoms with E-state index in [0.717, 1.165) is 19.5 Å². The summed E-state index contributed by atoms with van der Waals surface area (Å²) in [7, 11) is 0. The zero-order valence-corrected chi connectivity index (χ0v) is 12.7. The van der Waals surface area contributed by atoms with E-state index in [1.54, 1.807) is 18.2 Å². The van der Waals surface area contributed by atoms with Gasteiger partial charge in [0.15, 0.2) is 5.78 Å². The van der Waals surface area contributed by atoms with Gasteiger partial charge in [-0.2, -0.15) is 0 Å². The van der Waals surface area contributed by atoms with Crippen molar-refractivity contribution in [1.29, 1.82) is 0 Å². The van der Waals surface area contributed by atoms with Crippen molar-refractivity contribution in [3.05, 3.63) is 29.8 Å². The first-order valence-electron chi connectivity index (χ1n) is 7.26. The molecule has 1 atom stereocenters. The zero-order valence-electron chi connectivity index (χ0n) is 12.7. The van der Waals surface area contributed by atoms with Crippen molar-refractivity contribution >= 4 is 17.4 Å². The molecule has 1 saturated heterocycles. The molecule has 1 amide bonds. The van der Waals surface area contributed by atoms with E-state index in [4.69, 9.17) is 5.73 Å².